The van der Waals surface area contributed by atoms with Crippen molar-refractivity contribution in [1.29, 1.82) is 0 Å². The van der Waals surface area contributed by atoms with Crippen molar-refractivity contribution in [2.24, 2.45) is 0 Å². The summed E-state index contributed by atoms with van der Waals surface area (Å²) in [6.45, 7) is 0. The van der Waals surface area contributed by atoms with Gasteiger partial charge in [-0.05, 0) is 78.8 Å². The van der Waals surface area contributed by atoms with Gasteiger partial charge in [0.25, 0.3) is 0 Å². The van der Waals surface area contributed by atoms with E-state index < -0.39 is 0 Å². The fourth-order valence-electron chi connectivity index (χ4n) is 6.51. The van der Waals surface area contributed by atoms with Gasteiger partial charge in [-0.3, -0.25) is 0 Å². The highest BCUT2D eigenvalue weighted by Gasteiger charge is 2.18. The SMILES string of the molecule is c1ccc2cc(-c3c4ccccc4c(-c4ccc5sc6sc7ccccc7c6c5c4)c4ccccc34)ccc2c1. The third kappa shape index (κ3) is 3.18. The maximum atomic E-state index is 2.44. The van der Waals surface area contributed by atoms with E-state index in [0.29, 0.717) is 0 Å². The zero-order valence-corrected chi connectivity index (χ0v) is 23.2. The van der Waals surface area contributed by atoms with E-state index >= 15 is 0 Å². The van der Waals surface area contributed by atoms with Crippen LogP contribution in [0, 0.1) is 0 Å². The molecule has 0 aliphatic heterocycles. The number of hydrogen-bond donors (Lipinski definition) is 0. The maximum Gasteiger partial charge on any atom is 0.0890 e. The van der Waals surface area contributed by atoms with Gasteiger partial charge >= 0.3 is 0 Å². The summed E-state index contributed by atoms with van der Waals surface area (Å²) >= 11 is 3.83. The number of thiophene rings is 2. The molecule has 9 aromatic rings. The molecule has 2 heteroatoms. The van der Waals surface area contributed by atoms with Crippen LogP contribution in [-0.4, -0.2) is 0 Å². The first-order valence-corrected chi connectivity index (χ1v) is 15.2. The van der Waals surface area contributed by atoms with Crippen LogP contribution in [0.1, 0.15) is 0 Å². The van der Waals surface area contributed by atoms with Gasteiger partial charge in [-0.15, -0.1) is 22.7 Å². The van der Waals surface area contributed by atoms with Gasteiger partial charge in [0.05, 0.1) is 4.01 Å². The molecule has 0 aliphatic rings. The highest BCUT2D eigenvalue weighted by atomic mass is 32.2. The summed E-state index contributed by atoms with van der Waals surface area (Å²) in [5.41, 5.74) is 5.16. The van der Waals surface area contributed by atoms with Crippen LogP contribution >= 0.6 is 22.7 Å². The monoisotopic (exact) mass is 542 g/mol. The molecule has 0 saturated heterocycles. The van der Waals surface area contributed by atoms with Crippen molar-refractivity contribution in [3.63, 3.8) is 0 Å². The summed E-state index contributed by atoms with van der Waals surface area (Å²) < 4.78 is 4.14. The molecule has 0 aliphatic carbocycles. The molecule has 0 bridgehead atoms. The molecule has 2 heterocycles. The molecule has 0 N–H and O–H groups in total. The molecule has 9 rings (SSSR count). The van der Waals surface area contributed by atoms with Crippen molar-refractivity contribution in [3.05, 3.63) is 133 Å². The number of benzene rings is 7. The molecule has 0 saturated carbocycles. The van der Waals surface area contributed by atoms with Crippen molar-refractivity contribution in [1.82, 2.24) is 0 Å². The second-order valence-corrected chi connectivity index (χ2v) is 12.8. The van der Waals surface area contributed by atoms with Gasteiger partial charge in [-0.2, -0.15) is 0 Å². The summed E-state index contributed by atoms with van der Waals surface area (Å²) in [5.74, 6) is 0. The van der Waals surface area contributed by atoms with E-state index in [9.17, 15) is 0 Å². The van der Waals surface area contributed by atoms with Crippen molar-refractivity contribution in [3.8, 4) is 22.3 Å². The van der Waals surface area contributed by atoms with Gasteiger partial charge < -0.3 is 0 Å². The number of rotatable bonds is 2. The van der Waals surface area contributed by atoms with Gasteiger partial charge in [0.1, 0.15) is 0 Å². The Labute approximate surface area is 239 Å². The molecule has 0 atom stereocenters. The molecular weight excluding hydrogens is 521 g/mol. The Kier molecular flexibility index (Phi) is 4.74. The highest BCUT2D eigenvalue weighted by molar-refractivity contribution is 7.44. The standard InChI is InChI=1S/C38H22S2/c1-2-10-24-21-25(18-17-23(24)9-1)35-27-11-3-5-13-29(27)36(30-14-6-4-12-28(30)35)26-19-20-34-32(22-26)37-31-15-7-8-16-33(31)39-38(37)40-34/h1-22H. The second kappa shape index (κ2) is 8.50. The quantitative estimate of drug-likeness (QED) is 0.191. The fourth-order valence-corrected chi connectivity index (χ4v) is 9.10. The zero-order valence-electron chi connectivity index (χ0n) is 21.5. The summed E-state index contributed by atoms with van der Waals surface area (Å²) in [7, 11) is 0. The average molecular weight is 543 g/mol. The minimum absolute atomic E-state index is 1.26. The molecule has 0 fully saturated rings. The molecule has 0 unspecified atom stereocenters. The topological polar surface area (TPSA) is 0 Å². The summed E-state index contributed by atoms with van der Waals surface area (Å²) in [6.07, 6.45) is 0. The molecule has 0 radical (unpaired) electrons. The van der Waals surface area contributed by atoms with Gasteiger partial charge in [0, 0.05) is 25.6 Å². The van der Waals surface area contributed by atoms with Crippen LogP contribution in [0.3, 0.4) is 0 Å². The first-order chi connectivity index (χ1) is 19.8. The van der Waals surface area contributed by atoms with E-state index in [1.165, 1.54) is 84.1 Å². The largest absolute Gasteiger partial charge is 0.124 e. The van der Waals surface area contributed by atoms with Crippen molar-refractivity contribution in [2.75, 3.05) is 0 Å². The van der Waals surface area contributed by atoms with E-state index in [0.717, 1.165) is 0 Å². The van der Waals surface area contributed by atoms with Crippen LogP contribution < -0.4 is 0 Å². The summed E-state index contributed by atoms with van der Waals surface area (Å²) in [5, 5.41) is 11.9. The average Bonchev–Trinajstić information content (AvgIpc) is 3.55. The molecule has 0 amide bonds. The van der Waals surface area contributed by atoms with Gasteiger partial charge in [-0.25, -0.2) is 0 Å². The van der Waals surface area contributed by atoms with E-state index in [2.05, 4.69) is 133 Å². The van der Waals surface area contributed by atoms with E-state index in [4.69, 9.17) is 0 Å². The van der Waals surface area contributed by atoms with E-state index in [-0.39, 0.29) is 0 Å². The lowest BCUT2D eigenvalue weighted by Crippen LogP contribution is -1.91. The Bertz CT molecular complexity index is 2380. The lowest BCUT2D eigenvalue weighted by molar-refractivity contribution is 1.69. The smallest absolute Gasteiger partial charge is 0.0890 e. The van der Waals surface area contributed by atoms with Crippen LogP contribution in [0.5, 0.6) is 0 Å². The van der Waals surface area contributed by atoms with Crippen molar-refractivity contribution in [2.45, 2.75) is 0 Å². The van der Waals surface area contributed by atoms with Crippen LogP contribution in [0.25, 0.3) is 84.1 Å². The summed E-state index contributed by atoms with van der Waals surface area (Å²) in [4.78, 5) is 0. The Hall–Kier alpha value is -4.50. The molecular formula is C38H22S2. The van der Waals surface area contributed by atoms with Gasteiger partial charge in [0.15, 0.2) is 0 Å². The lowest BCUT2D eigenvalue weighted by atomic mass is 9.85. The predicted molar refractivity (Wildman–Crippen MR) is 178 cm³/mol. The molecule has 2 aromatic heterocycles. The highest BCUT2D eigenvalue weighted by Crippen LogP contribution is 2.48. The Morgan fingerprint density at radius 1 is 0.350 bits per heavy atom. The predicted octanol–water partition coefficient (Wildman–Crippen LogP) is 12.1. The summed E-state index contributed by atoms with van der Waals surface area (Å²) in [6, 6.07) is 49.3. The maximum absolute atomic E-state index is 2.44. The Morgan fingerprint density at radius 3 is 1.52 bits per heavy atom. The normalized spacial score (nSPS) is 12.0. The van der Waals surface area contributed by atoms with E-state index in [1.807, 2.05) is 22.7 Å². The fraction of sp³-hybridized carbons (Fsp3) is 0. The van der Waals surface area contributed by atoms with Crippen LogP contribution in [-0.2, 0) is 0 Å². The third-order valence-corrected chi connectivity index (χ3v) is 10.7. The first kappa shape index (κ1) is 22.3. The third-order valence-electron chi connectivity index (χ3n) is 8.27. The Balaban J connectivity index is 1.38. The zero-order chi connectivity index (χ0) is 26.2. The first-order valence-electron chi connectivity index (χ1n) is 13.6. The number of fused-ring (bicyclic) bond motifs is 8. The minimum Gasteiger partial charge on any atom is -0.124 e. The minimum atomic E-state index is 1.26. The van der Waals surface area contributed by atoms with Gasteiger partial charge in [0.2, 0.25) is 0 Å². The Morgan fingerprint density at radius 2 is 0.850 bits per heavy atom. The molecule has 0 spiro atoms. The molecule has 186 valence electrons. The van der Waals surface area contributed by atoms with Crippen LogP contribution in [0.4, 0.5) is 0 Å². The second-order valence-electron chi connectivity index (χ2n) is 10.5. The number of hydrogen-bond acceptors (Lipinski definition) is 2. The van der Waals surface area contributed by atoms with Crippen LogP contribution in [0.15, 0.2) is 133 Å². The molecule has 0 nitrogen and oxygen atoms in total. The molecule has 40 heavy (non-hydrogen) atoms. The lowest BCUT2D eigenvalue weighted by Gasteiger charge is -2.18. The van der Waals surface area contributed by atoms with Gasteiger partial charge in [-0.1, -0.05) is 109 Å². The van der Waals surface area contributed by atoms with Crippen LogP contribution in [0.2, 0.25) is 0 Å². The van der Waals surface area contributed by atoms with E-state index in [1.54, 1.807) is 0 Å². The van der Waals surface area contributed by atoms with Crippen molar-refractivity contribution >= 4 is 84.6 Å². The molecule has 7 aromatic carbocycles. The van der Waals surface area contributed by atoms with Crippen molar-refractivity contribution < 1.29 is 0 Å².